The molecule has 0 aliphatic rings. The fourth-order valence-corrected chi connectivity index (χ4v) is 2.08. The van der Waals surface area contributed by atoms with Crippen molar-refractivity contribution in [2.45, 2.75) is 13.0 Å². The fraction of sp³-hybridized carbons (Fsp3) is 0.125. The van der Waals surface area contributed by atoms with Crippen molar-refractivity contribution in [3.05, 3.63) is 63.9 Å². The molecular formula is C16H13Cl2FN2O2. The van der Waals surface area contributed by atoms with Gasteiger partial charge in [0, 0.05) is 5.02 Å². The maximum atomic E-state index is 12.8. The summed E-state index contributed by atoms with van der Waals surface area (Å²) in [6, 6.07) is 10.4. The van der Waals surface area contributed by atoms with Crippen LogP contribution in [0.25, 0.3) is 0 Å². The zero-order chi connectivity index (χ0) is 16.8. The Morgan fingerprint density at radius 1 is 1.26 bits per heavy atom. The number of nitrogens with one attached hydrogen (secondary N) is 1. The van der Waals surface area contributed by atoms with Crippen molar-refractivity contribution in [1.82, 2.24) is 5.43 Å². The van der Waals surface area contributed by atoms with E-state index in [-0.39, 0.29) is 5.82 Å². The van der Waals surface area contributed by atoms with Gasteiger partial charge < -0.3 is 4.74 Å². The summed E-state index contributed by atoms with van der Waals surface area (Å²) in [5, 5.41) is 4.58. The second-order valence-corrected chi connectivity index (χ2v) is 5.46. The zero-order valence-corrected chi connectivity index (χ0v) is 13.6. The lowest BCUT2D eigenvalue weighted by molar-refractivity contribution is -0.127. The van der Waals surface area contributed by atoms with Crippen LogP contribution in [-0.2, 0) is 4.79 Å². The van der Waals surface area contributed by atoms with Crippen LogP contribution >= 0.6 is 23.2 Å². The molecule has 120 valence electrons. The second kappa shape index (κ2) is 7.94. The van der Waals surface area contributed by atoms with Gasteiger partial charge in [-0.15, -0.1) is 0 Å². The van der Waals surface area contributed by atoms with Crippen LogP contribution in [-0.4, -0.2) is 18.2 Å². The second-order valence-electron chi connectivity index (χ2n) is 4.62. The molecule has 2 aromatic rings. The third kappa shape index (κ3) is 5.23. The van der Waals surface area contributed by atoms with E-state index in [9.17, 15) is 9.18 Å². The number of hydrogen-bond acceptors (Lipinski definition) is 3. The number of halogens is 3. The molecule has 0 saturated heterocycles. The molecule has 0 heterocycles. The van der Waals surface area contributed by atoms with Gasteiger partial charge in [-0.05, 0) is 42.8 Å². The maximum absolute atomic E-state index is 12.8. The van der Waals surface area contributed by atoms with Gasteiger partial charge in [0.2, 0.25) is 0 Å². The molecule has 0 saturated carbocycles. The highest BCUT2D eigenvalue weighted by Gasteiger charge is 2.15. The number of carbonyl (C=O) groups is 1. The summed E-state index contributed by atoms with van der Waals surface area (Å²) in [6.07, 6.45) is 0.596. The van der Waals surface area contributed by atoms with Gasteiger partial charge in [-0.2, -0.15) is 5.10 Å². The lowest BCUT2D eigenvalue weighted by Crippen LogP contribution is -2.33. The molecule has 0 aliphatic heterocycles. The molecule has 0 bridgehead atoms. The fourth-order valence-electron chi connectivity index (χ4n) is 1.62. The van der Waals surface area contributed by atoms with E-state index in [4.69, 9.17) is 27.9 Å². The number of carbonyl (C=O) groups excluding carboxylic acids is 1. The van der Waals surface area contributed by atoms with Crippen LogP contribution in [0, 0.1) is 5.82 Å². The summed E-state index contributed by atoms with van der Waals surface area (Å²) in [7, 11) is 0. The number of hydrazone groups is 1. The van der Waals surface area contributed by atoms with Crippen LogP contribution in [0.15, 0.2) is 47.6 Å². The summed E-state index contributed by atoms with van der Waals surface area (Å²) in [5.41, 5.74) is 2.99. The molecule has 0 radical (unpaired) electrons. The molecule has 0 fully saturated rings. The zero-order valence-electron chi connectivity index (χ0n) is 12.1. The quantitative estimate of drug-likeness (QED) is 0.650. The van der Waals surface area contributed by atoms with Crippen LogP contribution in [0.3, 0.4) is 0 Å². The van der Waals surface area contributed by atoms with Gasteiger partial charge in [-0.25, -0.2) is 9.82 Å². The molecule has 2 aromatic carbocycles. The number of benzene rings is 2. The minimum atomic E-state index is -0.806. The third-order valence-electron chi connectivity index (χ3n) is 2.83. The standard InChI is InChI=1S/C16H13Cl2FN2O2/c1-10(23-15-7-4-12(17)8-14(15)18)16(22)21-20-9-11-2-5-13(19)6-3-11/h2-10H,1H3,(H,21,22)/b20-9+. The molecule has 0 spiro atoms. The van der Waals surface area contributed by atoms with Crippen molar-refractivity contribution in [3.8, 4) is 5.75 Å². The molecule has 7 heteroatoms. The number of nitrogens with zero attached hydrogens (tertiary/aromatic N) is 1. The van der Waals surface area contributed by atoms with E-state index in [1.165, 1.54) is 24.4 Å². The Labute approximate surface area is 142 Å². The Morgan fingerprint density at radius 2 is 1.96 bits per heavy atom. The predicted molar refractivity (Wildman–Crippen MR) is 88.7 cm³/mol. The first-order valence-electron chi connectivity index (χ1n) is 6.66. The van der Waals surface area contributed by atoms with Gasteiger partial charge in [0.25, 0.3) is 5.91 Å². The van der Waals surface area contributed by atoms with E-state index in [0.29, 0.717) is 21.4 Å². The Balaban J connectivity index is 1.90. The number of hydrogen-bond donors (Lipinski definition) is 1. The molecular weight excluding hydrogens is 342 g/mol. The molecule has 1 amide bonds. The highest BCUT2D eigenvalue weighted by Crippen LogP contribution is 2.28. The lowest BCUT2D eigenvalue weighted by atomic mass is 10.2. The van der Waals surface area contributed by atoms with Crippen LogP contribution in [0.5, 0.6) is 5.75 Å². The molecule has 0 aromatic heterocycles. The van der Waals surface area contributed by atoms with Crippen LogP contribution < -0.4 is 10.2 Å². The third-order valence-corrected chi connectivity index (χ3v) is 3.36. The van der Waals surface area contributed by atoms with Crippen molar-refractivity contribution in [3.63, 3.8) is 0 Å². The first kappa shape index (κ1) is 17.2. The minimum absolute atomic E-state index is 0.312. The van der Waals surface area contributed by atoms with Crippen molar-refractivity contribution in [2.24, 2.45) is 5.10 Å². The van der Waals surface area contributed by atoms with E-state index >= 15 is 0 Å². The van der Waals surface area contributed by atoms with Gasteiger partial charge in [0.15, 0.2) is 6.10 Å². The van der Waals surface area contributed by atoms with Crippen molar-refractivity contribution in [1.29, 1.82) is 0 Å². The van der Waals surface area contributed by atoms with Crippen molar-refractivity contribution in [2.75, 3.05) is 0 Å². The van der Waals surface area contributed by atoms with Gasteiger partial charge in [0.05, 0.1) is 11.2 Å². The number of rotatable bonds is 5. The minimum Gasteiger partial charge on any atom is -0.479 e. The Morgan fingerprint density at radius 3 is 2.61 bits per heavy atom. The van der Waals surface area contributed by atoms with Gasteiger partial charge >= 0.3 is 0 Å². The first-order chi connectivity index (χ1) is 11.0. The van der Waals surface area contributed by atoms with E-state index in [1.807, 2.05) is 0 Å². The van der Waals surface area contributed by atoms with E-state index < -0.39 is 12.0 Å². The first-order valence-corrected chi connectivity index (χ1v) is 7.41. The summed E-state index contributed by atoms with van der Waals surface area (Å²) in [6.45, 7) is 1.56. The highest BCUT2D eigenvalue weighted by atomic mass is 35.5. The van der Waals surface area contributed by atoms with E-state index in [1.54, 1.807) is 31.2 Å². The van der Waals surface area contributed by atoms with E-state index in [2.05, 4.69) is 10.5 Å². The maximum Gasteiger partial charge on any atom is 0.280 e. The normalized spacial score (nSPS) is 12.2. The van der Waals surface area contributed by atoms with E-state index in [0.717, 1.165) is 0 Å². The van der Waals surface area contributed by atoms with Gasteiger partial charge in [-0.1, -0.05) is 35.3 Å². The van der Waals surface area contributed by atoms with Gasteiger partial charge in [0.1, 0.15) is 11.6 Å². The van der Waals surface area contributed by atoms with Crippen molar-refractivity contribution < 1.29 is 13.9 Å². The summed E-state index contributed by atoms with van der Waals surface area (Å²) in [5.74, 6) is -0.441. The molecule has 23 heavy (non-hydrogen) atoms. The Hall–Kier alpha value is -2.11. The smallest absolute Gasteiger partial charge is 0.280 e. The summed E-state index contributed by atoms with van der Waals surface area (Å²) < 4.78 is 18.2. The molecule has 1 atom stereocenters. The summed E-state index contributed by atoms with van der Waals surface area (Å²) in [4.78, 5) is 11.9. The largest absolute Gasteiger partial charge is 0.479 e. The Bertz CT molecular complexity index is 721. The monoisotopic (exact) mass is 354 g/mol. The van der Waals surface area contributed by atoms with Crippen molar-refractivity contribution >= 4 is 35.3 Å². The lowest BCUT2D eigenvalue weighted by Gasteiger charge is -2.14. The van der Waals surface area contributed by atoms with Crippen LogP contribution in [0.1, 0.15) is 12.5 Å². The highest BCUT2D eigenvalue weighted by molar-refractivity contribution is 6.35. The average molecular weight is 355 g/mol. The Kier molecular flexibility index (Phi) is 5.96. The topological polar surface area (TPSA) is 50.7 Å². The number of amides is 1. The molecule has 4 nitrogen and oxygen atoms in total. The molecule has 1 N–H and O–H groups in total. The SMILES string of the molecule is CC(Oc1ccc(Cl)cc1Cl)C(=O)N/N=C/c1ccc(F)cc1. The van der Waals surface area contributed by atoms with Gasteiger partial charge in [-0.3, -0.25) is 4.79 Å². The predicted octanol–water partition coefficient (Wildman–Crippen LogP) is 4.05. The van der Waals surface area contributed by atoms with Crippen LogP contribution in [0.2, 0.25) is 10.0 Å². The van der Waals surface area contributed by atoms with Crippen LogP contribution in [0.4, 0.5) is 4.39 Å². The molecule has 2 rings (SSSR count). The average Bonchev–Trinajstić information content (AvgIpc) is 2.51. The molecule has 1 unspecified atom stereocenters. The summed E-state index contributed by atoms with van der Waals surface area (Å²) >= 11 is 11.8. The number of ether oxygens (including phenoxy) is 1. The molecule has 0 aliphatic carbocycles.